The van der Waals surface area contributed by atoms with Crippen molar-refractivity contribution in [3.05, 3.63) is 10.1 Å². The van der Waals surface area contributed by atoms with Gasteiger partial charge in [-0.3, -0.25) is 10.1 Å². The Hall–Kier alpha value is 0.0900. The maximum atomic E-state index is 10.8. The lowest BCUT2D eigenvalue weighted by Crippen LogP contribution is -2.43. The standard InChI is InChI=1S/C9H18INO3/c1-3-4-5-6-7-9(2,8(10)12)11(13)14/h8,12H,3-7H2,1-2H3. The number of aliphatic hydroxyl groups excluding tert-OH is 1. The first-order valence-electron chi connectivity index (χ1n) is 4.91. The average molecular weight is 315 g/mol. The number of nitro groups is 1. The lowest BCUT2D eigenvalue weighted by molar-refractivity contribution is -0.572. The minimum atomic E-state index is -1.19. The van der Waals surface area contributed by atoms with Crippen LogP contribution in [0.5, 0.6) is 0 Å². The molecule has 0 radical (unpaired) electrons. The summed E-state index contributed by atoms with van der Waals surface area (Å²) in [5.41, 5.74) is -1.19. The molecule has 0 aromatic heterocycles. The van der Waals surface area contributed by atoms with Crippen LogP contribution >= 0.6 is 22.6 Å². The molecule has 2 unspecified atom stereocenters. The van der Waals surface area contributed by atoms with Gasteiger partial charge in [-0.25, -0.2) is 0 Å². The lowest BCUT2D eigenvalue weighted by atomic mass is 9.96. The third-order valence-electron chi connectivity index (χ3n) is 2.47. The van der Waals surface area contributed by atoms with E-state index in [4.69, 9.17) is 0 Å². The van der Waals surface area contributed by atoms with Crippen molar-refractivity contribution < 1.29 is 10.0 Å². The van der Waals surface area contributed by atoms with E-state index in [1.54, 1.807) is 22.6 Å². The number of halogens is 1. The van der Waals surface area contributed by atoms with Crippen molar-refractivity contribution in [2.75, 3.05) is 0 Å². The third-order valence-corrected chi connectivity index (χ3v) is 3.81. The van der Waals surface area contributed by atoms with E-state index >= 15 is 0 Å². The van der Waals surface area contributed by atoms with Crippen LogP contribution in [0.25, 0.3) is 0 Å². The fourth-order valence-corrected chi connectivity index (χ4v) is 1.75. The molecule has 84 valence electrons. The quantitative estimate of drug-likeness (QED) is 0.258. The van der Waals surface area contributed by atoms with Crippen molar-refractivity contribution in [2.45, 2.75) is 55.6 Å². The second-order valence-corrected chi connectivity index (χ2v) is 4.94. The average Bonchev–Trinajstić information content (AvgIpc) is 2.11. The lowest BCUT2D eigenvalue weighted by Gasteiger charge is -2.22. The van der Waals surface area contributed by atoms with Crippen LogP contribution in [-0.2, 0) is 0 Å². The van der Waals surface area contributed by atoms with Crippen molar-refractivity contribution in [3.63, 3.8) is 0 Å². The van der Waals surface area contributed by atoms with E-state index in [0.29, 0.717) is 6.42 Å². The first-order valence-corrected chi connectivity index (χ1v) is 6.16. The maximum absolute atomic E-state index is 10.8. The SMILES string of the molecule is CCCCCCC(C)(C(O)I)[N+](=O)[O-]. The highest BCUT2D eigenvalue weighted by Crippen LogP contribution is 2.26. The Balaban J connectivity index is 4.05. The number of aliphatic hydroxyl groups is 1. The molecule has 14 heavy (non-hydrogen) atoms. The van der Waals surface area contributed by atoms with E-state index in [-0.39, 0.29) is 4.92 Å². The summed E-state index contributed by atoms with van der Waals surface area (Å²) in [6.45, 7) is 3.61. The fraction of sp³-hybridized carbons (Fsp3) is 1.00. The van der Waals surface area contributed by atoms with E-state index in [9.17, 15) is 15.2 Å². The minimum absolute atomic E-state index is 0.365. The van der Waals surface area contributed by atoms with Gasteiger partial charge in [-0.2, -0.15) is 0 Å². The van der Waals surface area contributed by atoms with Crippen LogP contribution in [0.15, 0.2) is 0 Å². The number of unbranched alkanes of at least 4 members (excludes halogenated alkanes) is 3. The highest BCUT2D eigenvalue weighted by Gasteiger charge is 2.42. The maximum Gasteiger partial charge on any atom is 0.253 e. The van der Waals surface area contributed by atoms with Crippen LogP contribution in [0.2, 0.25) is 0 Å². The van der Waals surface area contributed by atoms with Crippen LogP contribution in [0.4, 0.5) is 0 Å². The van der Waals surface area contributed by atoms with Gasteiger partial charge in [0.2, 0.25) is 0 Å². The second-order valence-electron chi connectivity index (χ2n) is 3.76. The van der Waals surface area contributed by atoms with Gasteiger partial charge in [0.25, 0.3) is 5.54 Å². The van der Waals surface area contributed by atoms with Gasteiger partial charge in [-0.05, 0) is 29.0 Å². The molecule has 0 rings (SSSR count). The van der Waals surface area contributed by atoms with Crippen molar-refractivity contribution in [2.24, 2.45) is 0 Å². The van der Waals surface area contributed by atoms with Gasteiger partial charge in [0, 0.05) is 18.3 Å². The van der Waals surface area contributed by atoms with E-state index in [0.717, 1.165) is 25.7 Å². The molecule has 0 aliphatic rings. The van der Waals surface area contributed by atoms with Gasteiger partial charge < -0.3 is 5.11 Å². The molecule has 0 fully saturated rings. The normalized spacial score (nSPS) is 17.4. The van der Waals surface area contributed by atoms with Gasteiger partial charge in [-0.1, -0.05) is 26.2 Å². The summed E-state index contributed by atoms with van der Waals surface area (Å²) in [5, 5.41) is 20.1. The zero-order valence-electron chi connectivity index (χ0n) is 8.70. The molecule has 0 heterocycles. The Morgan fingerprint density at radius 3 is 2.43 bits per heavy atom. The molecule has 0 aromatic carbocycles. The van der Waals surface area contributed by atoms with Crippen molar-refractivity contribution in [3.8, 4) is 0 Å². The predicted molar refractivity (Wildman–Crippen MR) is 64.2 cm³/mol. The summed E-state index contributed by atoms with van der Waals surface area (Å²) >= 11 is 1.71. The number of hydrogen-bond donors (Lipinski definition) is 1. The zero-order chi connectivity index (χ0) is 11.2. The molecule has 0 spiro atoms. The molecular weight excluding hydrogens is 297 g/mol. The van der Waals surface area contributed by atoms with Crippen LogP contribution in [0.3, 0.4) is 0 Å². The van der Waals surface area contributed by atoms with Gasteiger partial charge in [0.15, 0.2) is 4.11 Å². The summed E-state index contributed by atoms with van der Waals surface area (Å²) in [6.07, 6.45) is 4.48. The smallest absolute Gasteiger partial charge is 0.253 e. The topological polar surface area (TPSA) is 63.4 Å². The molecule has 2 atom stereocenters. The van der Waals surface area contributed by atoms with Gasteiger partial charge in [0.1, 0.15) is 0 Å². The predicted octanol–water partition coefficient (Wildman–Crippen LogP) is 2.75. The molecule has 0 saturated carbocycles. The Bertz CT molecular complexity index is 187. The molecule has 5 heteroatoms. The largest absolute Gasteiger partial charge is 0.376 e. The van der Waals surface area contributed by atoms with Gasteiger partial charge in [-0.15, -0.1) is 0 Å². The van der Waals surface area contributed by atoms with Gasteiger partial charge >= 0.3 is 0 Å². The van der Waals surface area contributed by atoms with E-state index in [1.165, 1.54) is 6.92 Å². The number of nitrogens with zero attached hydrogens (tertiary/aromatic N) is 1. The molecule has 0 aliphatic heterocycles. The molecular formula is C9H18INO3. The highest BCUT2D eigenvalue weighted by atomic mass is 127. The summed E-state index contributed by atoms with van der Waals surface area (Å²) in [6, 6.07) is 0. The Kier molecular flexibility index (Phi) is 6.59. The first-order chi connectivity index (χ1) is 6.45. The molecule has 0 amide bonds. The highest BCUT2D eigenvalue weighted by molar-refractivity contribution is 14.1. The third kappa shape index (κ3) is 4.08. The molecule has 0 aliphatic carbocycles. The van der Waals surface area contributed by atoms with E-state index < -0.39 is 9.65 Å². The van der Waals surface area contributed by atoms with Crippen LogP contribution in [0.1, 0.15) is 46.0 Å². The Morgan fingerprint density at radius 1 is 1.50 bits per heavy atom. The zero-order valence-corrected chi connectivity index (χ0v) is 10.9. The van der Waals surface area contributed by atoms with Crippen LogP contribution < -0.4 is 0 Å². The summed E-state index contributed by atoms with van der Waals surface area (Å²) in [5.74, 6) is 0. The van der Waals surface area contributed by atoms with Crippen molar-refractivity contribution in [1.29, 1.82) is 0 Å². The molecule has 0 saturated heterocycles. The van der Waals surface area contributed by atoms with E-state index in [1.807, 2.05) is 0 Å². The fourth-order valence-electron chi connectivity index (χ4n) is 1.21. The number of rotatable bonds is 7. The Morgan fingerprint density at radius 2 is 2.07 bits per heavy atom. The van der Waals surface area contributed by atoms with Gasteiger partial charge in [0.05, 0.1) is 0 Å². The van der Waals surface area contributed by atoms with Crippen LogP contribution in [-0.4, -0.2) is 19.7 Å². The van der Waals surface area contributed by atoms with Crippen LogP contribution in [0, 0.1) is 10.1 Å². The summed E-state index contributed by atoms with van der Waals surface area (Å²) in [4.78, 5) is 10.4. The van der Waals surface area contributed by atoms with Crippen molar-refractivity contribution in [1.82, 2.24) is 0 Å². The van der Waals surface area contributed by atoms with E-state index in [2.05, 4.69) is 6.92 Å². The summed E-state index contributed by atoms with van der Waals surface area (Å²) in [7, 11) is 0. The Labute approximate surface area is 98.4 Å². The monoisotopic (exact) mass is 315 g/mol. The molecule has 0 bridgehead atoms. The first kappa shape index (κ1) is 14.1. The number of hydrogen-bond acceptors (Lipinski definition) is 3. The second kappa shape index (κ2) is 6.55. The molecule has 4 nitrogen and oxygen atoms in total. The summed E-state index contributed by atoms with van der Waals surface area (Å²) < 4.78 is -0.920. The minimum Gasteiger partial charge on any atom is -0.376 e. The number of alkyl halides is 1. The molecule has 0 aromatic rings. The molecule has 1 N–H and O–H groups in total. The van der Waals surface area contributed by atoms with Crippen molar-refractivity contribution >= 4 is 22.6 Å².